The summed E-state index contributed by atoms with van der Waals surface area (Å²) in [6.45, 7) is 2.13. The highest BCUT2D eigenvalue weighted by molar-refractivity contribution is 5.39. The number of hydrogen-bond donors (Lipinski definition) is 2. The number of anilines is 1. The Morgan fingerprint density at radius 2 is 2.00 bits per heavy atom. The van der Waals surface area contributed by atoms with Gasteiger partial charge >= 0.3 is 0 Å². The normalized spacial score (nSPS) is 17.8. The monoisotopic (exact) mass is 222 g/mol. The molecule has 16 heavy (non-hydrogen) atoms. The largest absolute Gasteiger partial charge is 0.382 e. The molecule has 0 unspecified atom stereocenters. The lowest BCUT2D eigenvalue weighted by molar-refractivity contribution is 0.424. The molecule has 1 aliphatic carbocycles. The third-order valence-corrected chi connectivity index (χ3v) is 3.51. The van der Waals surface area contributed by atoms with Crippen molar-refractivity contribution in [3.63, 3.8) is 0 Å². The van der Waals surface area contributed by atoms with Crippen LogP contribution >= 0.6 is 0 Å². The summed E-state index contributed by atoms with van der Waals surface area (Å²) >= 11 is 0. The quantitative estimate of drug-likeness (QED) is 0.770. The first kappa shape index (κ1) is 11.3. The SMILES string of the molecule is CCCc1nc(C2CCCCC2)n(N)c1N. The zero-order valence-electron chi connectivity index (χ0n) is 10.1. The van der Waals surface area contributed by atoms with Crippen LogP contribution in [0.2, 0.25) is 0 Å². The van der Waals surface area contributed by atoms with E-state index >= 15 is 0 Å². The predicted octanol–water partition coefficient (Wildman–Crippen LogP) is 2.18. The molecule has 1 aliphatic rings. The maximum Gasteiger partial charge on any atom is 0.145 e. The summed E-state index contributed by atoms with van der Waals surface area (Å²) in [6, 6.07) is 0. The van der Waals surface area contributed by atoms with E-state index in [0.29, 0.717) is 11.7 Å². The summed E-state index contributed by atoms with van der Waals surface area (Å²) in [5, 5.41) is 0. The molecule has 90 valence electrons. The van der Waals surface area contributed by atoms with Crippen molar-refractivity contribution < 1.29 is 0 Å². The molecule has 0 amide bonds. The molecular formula is C12H22N4. The highest BCUT2D eigenvalue weighted by atomic mass is 15.4. The van der Waals surface area contributed by atoms with Crippen LogP contribution in [0.3, 0.4) is 0 Å². The second-order valence-corrected chi connectivity index (χ2v) is 4.76. The van der Waals surface area contributed by atoms with Gasteiger partial charge in [0.2, 0.25) is 0 Å². The first-order chi connectivity index (χ1) is 7.74. The van der Waals surface area contributed by atoms with Crippen molar-refractivity contribution in [2.75, 3.05) is 11.6 Å². The Bertz CT molecular complexity index is 350. The fraction of sp³-hybridized carbons (Fsp3) is 0.750. The fourth-order valence-electron chi connectivity index (χ4n) is 2.58. The molecule has 2 rings (SSSR count). The van der Waals surface area contributed by atoms with Crippen LogP contribution in [-0.2, 0) is 6.42 Å². The van der Waals surface area contributed by atoms with Gasteiger partial charge in [-0.25, -0.2) is 9.66 Å². The molecule has 0 aromatic carbocycles. The van der Waals surface area contributed by atoms with Crippen LogP contribution < -0.4 is 11.6 Å². The van der Waals surface area contributed by atoms with Crippen LogP contribution in [0.15, 0.2) is 0 Å². The molecule has 4 nitrogen and oxygen atoms in total. The molecule has 1 heterocycles. The lowest BCUT2D eigenvalue weighted by Gasteiger charge is -2.20. The first-order valence-electron chi connectivity index (χ1n) is 6.36. The van der Waals surface area contributed by atoms with E-state index in [0.717, 1.165) is 24.4 Å². The van der Waals surface area contributed by atoms with Gasteiger partial charge in [0.1, 0.15) is 11.6 Å². The number of nitrogens with zero attached hydrogens (tertiary/aromatic N) is 2. The average Bonchev–Trinajstić information content (AvgIpc) is 2.59. The maximum absolute atomic E-state index is 5.99. The lowest BCUT2D eigenvalue weighted by Crippen LogP contribution is -2.19. The number of imidazole rings is 1. The molecule has 1 fully saturated rings. The van der Waals surface area contributed by atoms with E-state index in [1.165, 1.54) is 32.1 Å². The first-order valence-corrected chi connectivity index (χ1v) is 6.36. The number of nitrogen functional groups attached to an aromatic ring is 2. The van der Waals surface area contributed by atoms with Crippen LogP contribution in [0.25, 0.3) is 0 Å². The van der Waals surface area contributed by atoms with Gasteiger partial charge in [-0.3, -0.25) is 0 Å². The van der Waals surface area contributed by atoms with Gasteiger partial charge in [-0.1, -0.05) is 32.6 Å². The summed E-state index contributed by atoms with van der Waals surface area (Å²) in [5.41, 5.74) is 6.95. The number of nitrogens with two attached hydrogens (primary N) is 2. The van der Waals surface area contributed by atoms with Crippen molar-refractivity contribution in [3.8, 4) is 0 Å². The van der Waals surface area contributed by atoms with E-state index in [9.17, 15) is 0 Å². The second-order valence-electron chi connectivity index (χ2n) is 4.76. The van der Waals surface area contributed by atoms with E-state index in [2.05, 4.69) is 11.9 Å². The Balaban J connectivity index is 2.22. The smallest absolute Gasteiger partial charge is 0.145 e. The highest BCUT2D eigenvalue weighted by Crippen LogP contribution is 2.32. The molecule has 0 bridgehead atoms. The third-order valence-electron chi connectivity index (χ3n) is 3.51. The molecule has 1 saturated carbocycles. The lowest BCUT2D eigenvalue weighted by atomic mass is 9.89. The topological polar surface area (TPSA) is 69.9 Å². The molecule has 1 aromatic rings. The van der Waals surface area contributed by atoms with Crippen molar-refractivity contribution >= 4 is 5.82 Å². The van der Waals surface area contributed by atoms with Crippen molar-refractivity contribution in [1.82, 2.24) is 9.66 Å². The summed E-state index contributed by atoms with van der Waals surface area (Å²) in [4.78, 5) is 4.64. The zero-order chi connectivity index (χ0) is 11.5. The third kappa shape index (κ3) is 2.01. The highest BCUT2D eigenvalue weighted by Gasteiger charge is 2.22. The summed E-state index contributed by atoms with van der Waals surface area (Å²) in [5.74, 6) is 8.17. The summed E-state index contributed by atoms with van der Waals surface area (Å²) < 4.78 is 1.61. The second kappa shape index (κ2) is 4.76. The number of hydrogen-bond acceptors (Lipinski definition) is 3. The van der Waals surface area contributed by atoms with Crippen molar-refractivity contribution in [2.45, 2.75) is 57.8 Å². The Labute approximate surface area is 97.0 Å². The van der Waals surface area contributed by atoms with E-state index in [1.807, 2.05) is 0 Å². The summed E-state index contributed by atoms with van der Waals surface area (Å²) in [6.07, 6.45) is 8.33. The molecular weight excluding hydrogens is 200 g/mol. The van der Waals surface area contributed by atoms with Gasteiger partial charge in [0.15, 0.2) is 0 Å². The van der Waals surface area contributed by atoms with E-state index in [1.54, 1.807) is 4.68 Å². The zero-order valence-corrected chi connectivity index (χ0v) is 10.1. The minimum Gasteiger partial charge on any atom is -0.382 e. The van der Waals surface area contributed by atoms with Crippen LogP contribution in [0.5, 0.6) is 0 Å². The Hall–Kier alpha value is -1.19. The number of aryl methyl sites for hydroxylation is 1. The van der Waals surface area contributed by atoms with Crippen molar-refractivity contribution in [2.24, 2.45) is 0 Å². The Morgan fingerprint density at radius 3 is 2.62 bits per heavy atom. The van der Waals surface area contributed by atoms with Gasteiger partial charge in [0.05, 0.1) is 5.69 Å². The van der Waals surface area contributed by atoms with E-state index in [-0.39, 0.29) is 0 Å². The molecule has 0 saturated heterocycles. The minimum atomic E-state index is 0.520. The molecule has 0 aliphatic heterocycles. The minimum absolute atomic E-state index is 0.520. The standard InChI is InChI=1S/C12H22N4/c1-2-6-10-11(13)16(14)12(15-10)9-7-4-3-5-8-9/h9H,2-8,13-14H2,1H3. The molecule has 4 N–H and O–H groups in total. The van der Waals surface area contributed by atoms with Crippen LogP contribution in [0.1, 0.15) is 62.9 Å². The Kier molecular flexibility index (Phi) is 3.36. The molecule has 4 heteroatoms. The fourth-order valence-corrected chi connectivity index (χ4v) is 2.58. The van der Waals surface area contributed by atoms with Crippen molar-refractivity contribution in [3.05, 3.63) is 11.5 Å². The molecule has 0 spiro atoms. The van der Waals surface area contributed by atoms with Crippen molar-refractivity contribution in [1.29, 1.82) is 0 Å². The number of rotatable bonds is 3. The van der Waals surface area contributed by atoms with Gasteiger partial charge in [0.25, 0.3) is 0 Å². The Morgan fingerprint density at radius 1 is 1.31 bits per heavy atom. The van der Waals surface area contributed by atoms with Gasteiger partial charge in [-0.2, -0.15) is 0 Å². The maximum atomic E-state index is 5.99. The molecule has 0 atom stereocenters. The van der Waals surface area contributed by atoms with E-state index < -0.39 is 0 Å². The summed E-state index contributed by atoms with van der Waals surface area (Å²) in [7, 11) is 0. The van der Waals surface area contributed by atoms with Gasteiger partial charge < -0.3 is 11.6 Å². The van der Waals surface area contributed by atoms with E-state index in [4.69, 9.17) is 11.6 Å². The van der Waals surface area contributed by atoms with Gasteiger partial charge in [0, 0.05) is 5.92 Å². The van der Waals surface area contributed by atoms with Crippen LogP contribution in [0, 0.1) is 0 Å². The average molecular weight is 222 g/mol. The number of aromatic nitrogens is 2. The van der Waals surface area contributed by atoms with Gasteiger partial charge in [-0.15, -0.1) is 0 Å². The van der Waals surface area contributed by atoms with Crippen LogP contribution in [-0.4, -0.2) is 9.66 Å². The molecule has 0 radical (unpaired) electrons. The van der Waals surface area contributed by atoms with Crippen LogP contribution in [0.4, 0.5) is 5.82 Å². The molecule has 1 aromatic heterocycles. The predicted molar refractivity (Wildman–Crippen MR) is 66.6 cm³/mol. The van der Waals surface area contributed by atoms with Gasteiger partial charge in [-0.05, 0) is 19.3 Å².